The van der Waals surface area contributed by atoms with Gasteiger partial charge in [0.25, 0.3) is 0 Å². The number of hydrogen-bond donors (Lipinski definition) is 2. The van der Waals surface area contributed by atoms with Crippen molar-refractivity contribution < 1.29 is 9.15 Å². The number of aromatic nitrogens is 2. The summed E-state index contributed by atoms with van der Waals surface area (Å²) in [5, 5.41) is 14.4. The molecule has 1 aliphatic heterocycles. The molecule has 1 aromatic heterocycles. The summed E-state index contributed by atoms with van der Waals surface area (Å²) in [6, 6.07) is 0.502. The van der Waals surface area contributed by atoms with Crippen LogP contribution in [0.1, 0.15) is 32.6 Å². The molecule has 0 saturated carbocycles. The van der Waals surface area contributed by atoms with Gasteiger partial charge in [-0.05, 0) is 26.3 Å². The van der Waals surface area contributed by atoms with Crippen LogP contribution >= 0.6 is 0 Å². The summed E-state index contributed by atoms with van der Waals surface area (Å²) in [4.78, 5) is 0. The van der Waals surface area contributed by atoms with Gasteiger partial charge in [-0.2, -0.15) is 0 Å². The molecule has 2 heterocycles. The minimum Gasteiger partial charge on any atom is -0.407 e. The highest BCUT2D eigenvalue weighted by Crippen LogP contribution is 2.24. The molecule has 0 amide bonds. The van der Waals surface area contributed by atoms with Crippen molar-refractivity contribution in [2.45, 2.75) is 38.8 Å². The van der Waals surface area contributed by atoms with Crippen LogP contribution in [-0.4, -0.2) is 35.5 Å². The third-order valence-electron chi connectivity index (χ3n) is 3.00. The Morgan fingerprint density at radius 2 is 2.06 bits per heavy atom. The Morgan fingerprint density at radius 1 is 1.29 bits per heavy atom. The first-order valence-electron chi connectivity index (χ1n) is 6.11. The Labute approximate surface area is 101 Å². The van der Waals surface area contributed by atoms with Crippen molar-refractivity contribution in [2.75, 3.05) is 25.1 Å². The van der Waals surface area contributed by atoms with Gasteiger partial charge in [0.2, 0.25) is 5.89 Å². The Hall–Kier alpha value is -1.14. The lowest BCUT2D eigenvalue weighted by Gasteiger charge is -2.33. The normalized spacial score (nSPS) is 19.2. The number of rotatable bonds is 5. The van der Waals surface area contributed by atoms with E-state index in [-0.39, 0.29) is 5.54 Å². The Kier molecular flexibility index (Phi) is 3.96. The second kappa shape index (κ2) is 5.46. The van der Waals surface area contributed by atoms with Crippen LogP contribution in [-0.2, 0) is 11.3 Å². The van der Waals surface area contributed by atoms with Crippen LogP contribution in [0, 0.1) is 0 Å². The first-order valence-corrected chi connectivity index (χ1v) is 6.11. The van der Waals surface area contributed by atoms with E-state index in [1.54, 1.807) is 0 Å². The molecule has 0 aliphatic carbocycles. The second-order valence-electron chi connectivity index (χ2n) is 4.58. The summed E-state index contributed by atoms with van der Waals surface area (Å²) in [5.41, 5.74) is 0.000236. The SMILES string of the molecule is CCNCc1nnc(NC2(C)CCOCC2)o1. The summed E-state index contributed by atoms with van der Waals surface area (Å²) >= 11 is 0. The molecule has 1 fully saturated rings. The predicted molar refractivity (Wildman–Crippen MR) is 63.8 cm³/mol. The van der Waals surface area contributed by atoms with E-state index >= 15 is 0 Å². The predicted octanol–water partition coefficient (Wildman–Crippen LogP) is 1.16. The van der Waals surface area contributed by atoms with Gasteiger partial charge in [0.05, 0.1) is 6.54 Å². The summed E-state index contributed by atoms with van der Waals surface area (Å²) in [6.07, 6.45) is 1.91. The first kappa shape index (κ1) is 12.3. The highest BCUT2D eigenvalue weighted by atomic mass is 16.5. The van der Waals surface area contributed by atoms with Crippen LogP contribution < -0.4 is 10.6 Å². The summed E-state index contributed by atoms with van der Waals surface area (Å²) in [5.74, 6) is 0.616. The van der Waals surface area contributed by atoms with Crippen molar-refractivity contribution >= 4 is 6.01 Å². The van der Waals surface area contributed by atoms with Crippen LogP contribution in [0.5, 0.6) is 0 Å². The Bertz CT molecular complexity index is 347. The molecule has 0 bridgehead atoms. The van der Waals surface area contributed by atoms with E-state index < -0.39 is 0 Å². The van der Waals surface area contributed by atoms with E-state index in [0.29, 0.717) is 18.5 Å². The zero-order chi connectivity index (χ0) is 12.1. The zero-order valence-electron chi connectivity index (χ0n) is 10.5. The highest BCUT2D eigenvalue weighted by Gasteiger charge is 2.28. The first-order chi connectivity index (χ1) is 8.22. The molecule has 0 atom stereocenters. The number of nitrogens with one attached hydrogen (secondary N) is 2. The largest absolute Gasteiger partial charge is 0.407 e. The van der Waals surface area contributed by atoms with Gasteiger partial charge in [0.15, 0.2) is 0 Å². The van der Waals surface area contributed by atoms with E-state index in [9.17, 15) is 0 Å². The minimum absolute atomic E-state index is 0.000236. The summed E-state index contributed by atoms with van der Waals surface area (Å²) in [7, 11) is 0. The van der Waals surface area contributed by atoms with E-state index in [4.69, 9.17) is 9.15 Å². The molecule has 1 aliphatic rings. The van der Waals surface area contributed by atoms with E-state index in [1.165, 1.54) is 0 Å². The Morgan fingerprint density at radius 3 is 2.76 bits per heavy atom. The van der Waals surface area contributed by atoms with Crippen molar-refractivity contribution in [1.82, 2.24) is 15.5 Å². The van der Waals surface area contributed by atoms with Crippen LogP contribution in [0.2, 0.25) is 0 Å². The lowest BCUT2D eigenvalue weighted by Crippen LogP contribution is -2.40. The van der Waals surface area contributed by atoms with Gasteiger partial charge in [-0.1, -0.05) is 12.0 Å². The minimum atomic E-state index is 0.000236. The van der Waals surface area contributed by atoms with Gasteiger partial charge >= 0.3 is 6.01 Å². The van der Waals surface area contributed by atoms with Gasteiger partial charge in [0, 0.05) is 18.8 Å². The summed E-state index contributed by atoms with van der Waals surface area (Å²) < 4.78 is 10.9. The molecule has 1 saturated heterocycles. The van der Waals surface area contributed by atoms with Crippen molar-refractivity contribution in [3.8, 4) is 0 Å². The van der Waals surface area contributed by atoms with E-state index in [2.05, 4.69) is 27.8 Å². The third-order valence-corrected chi connectivity index (χ3v) is 3.00. The molecule has 0 aromatic carbocycles. The van der Waals surface area contributed by atoms with Gasteiger partial charge in [-0.3, -0.25) is 0 Å². The van der Waals surface area contributed by atoms with Crippen LogP contribution in [0.3, 0.4) is 0 Å². The van der Waals surface area contributed by atoms with Crippen molar-refractivity contribution in [3.63, 3.8) is 0 Å². The molecule has 2 rings (SSSR count). The van der Waals surface area contributed by atoms with E-state index in [1.807, 2.05) is 6.92 Å². The zero-order valence-corrected chi connectivity index (χ0v) is 10.5. The maximum atomic E-state index is 5.52. The van der Waals surface area contributed by atoms with Gasteiger partial charge in [-0.25, -0.2) is 0 Å². The fraction of sp³-hybridized carbons (Fsp3) is 0.818. The average Bonchev–Trinajstić information content (AvgIpc) is 2.74. The smallest absolute Gasteiger partial charge is 0.315 e. The lowest BCUT2D eigenvalue weighted by molar-refractivity contribution is 0.0650. The molecule has 0 unspecified atom stereocenters. The molecule has 6 heteroatoms. The van der Waals surface area contributed by atoms with Gasteiger partial charge in [0.1, 0.15) is 0 Å². The Balaban J connectivity index is 1.91. The van der Waals surface area contributed by atoms with Crippen molar-refractivity contribution in [3.05, 3.63) is 5.89 Å². The molecule has 2 N–H and O–H groups in total. The maximum absolute atomic E-state index is 5.52. The highest BCUT2D eigenvalue weighted by molar-refractivity contribution is 5.23. The molecule has 0 spiro atoms. The van der Waals surface area contributed by atoms with Crippen LogP contribution in [0.25, 0.3) is 0 Å². The number of nitrogens with zero attached hydrogens (tertiary/aromatic N) is 2. The third kappa shape index (κ3) is 3.41. The van der Waals surface area contributed by atoms with Gasteiger partial charge in [-0.15, -0.1) is 5.10 Å². The molecular formula is C11H20N4O2. The monoisotopic (exact) mass is 240 g/mol. The number of ether oxygens (including phenoxy) is 1. The molecule has 17 heavy (non-hydrogen) atoms. The van der Waals surface area contributed by atoms with Crippen molar-refractivity contribution in [1.29, 1.82) is 0 Å². The fourth-order valence-corrected chi connectivity index (χ4v) is 1.81. The van der Waals surface area contributed by atoms with Gasteiger partial charge < -0.3 is 19.8 Å². The topological polar surface area (TPSA) is 72.2 Å². The maximum Gasteiger partial charge on any atom is 0.315 e. The lowest BCUT2D eigenvalue weighted by atomic mass is 9.93. The second-order valence-corrected chi connectivity index (χ2v) is 4.58. The fourth-order valence-electron chi connectivity index (χ4n) is 1.81. The van der Waals surface area contributed by atoms with Crippen molar-refractivity contribution in [2.24, 2.45) is 0 Å². The number of anilines is 1. The molecular weight excluding hydrogens is 220 g/mol. The standard InChI is InChI=1S/C11H20N4O2/c1-3-12-8-9-14-15-10(17-9)13-11(2)4-6-16-7-5-11/h12H,3-8H2,1-2H3,(H,13,15). The molecule has 96 valence electrons. The summed E-state index contributed by atoms with van der Waals surface area (Å²) in [6.45, 7) is 7.26. The van der Waals surface area contributed by atoms with Crippen LogP contribution in [0.15, 0.2) is 4.42 Å². The average molecular weight is 240 g/mol. The molecule has 1 aromatic rings. The molecule has 6 nitrogen and oxygen atoms in total. The van der Waals surface area contributed by atoms with Crippen LogP contribution in [0.4, 0.5) is 6.01 Å². The van der Waals surface area contributed by atoms with E-state index in [0.717, 1.165) is 32.6 Å². The molecule has 0 radical (unpaired) electrons. The number of hydrogen-bond acceptors (Lipinski definition) is 6. The quantitative estimate of drug-likeness (QED) is 0.804.